The lowest BCUT2D eigenvalue weighted by Crippen LogP contribution is -2.62. The van der Waals surface area contributed by atoms with Crippen LogP contribution in [0.3, 0.4) is 0 Å². The summed E-state index contributed by atoms with van der Waals surface area (Å²) in [6.07, 6.45) is 5.67. The molecule has 1 aromatic rings. The molecule has 1 atom stereocenters. The Balaban J connectivity index is 2.56. The van der Waals surface area contributed by atoms with Gasteiger partial charge in [-0.1, -0.05) is 0 Å². The average molecular weight is 301 g/mol. The maximum absolute atomic E-state index is 12.6. The van der Waals surface area contributed by atoms with Crippen molar-refractivity contribution in [3.63, 3.8) is 0 Å². The second kappa shape index (κ2) is 4.72. The van der Waals surface area contributed by atoms with Gasteiger partial charge in [0.1, 0.15) is 17.2 Å². The minimum absolute atomic E-state index is 0.243. The lowest BCUT2D eigenvalue weighted by atomic mass is 10.1. The molecule has 2 aliphatic heterocycles. The molecule has 0 aliphatic carbocycles. The zero-order valence-corrected chi connectivity index (χ0v) is 13.4. The van der Waals surface area contributed by atoms with E-state index in [2.05, 4.69) is 4.99 Å². The highest BCUT2D eigenvalue weighted by Crippen LogP contribution is 2.21. The largest absolute Gasteiger partial charge is 0.363 e. The molecule has 0 saturated carbocycles. The first-order chi connectivity index (χ1) is 10.3. The number of nitrogens with zero attached hydrogens (tertiary/aromatic N) is 5. The van der Waals surface area contributed by atoms with Gasteiger partial charge >= 0.3 is 5.69 Å². The lowest BCUT2D eigenvalue weighted by molar-refractivity contribution is 0.344. The number of allylic oxidation sites excluding steroid dienone is 2. The second-order valence-corrected chi connectivity index (χ2v) is 5.80. The van der Waals surface area contributed by atoms with Crippen LogP contribution in [0.2, 0.25) is 0 Å². The number of hydrogen-bond acceptors (Lipinski definition) is 5. The molecule has 1 unspecified atom stereocenters. The minimum atomic E-state index is -0.369. The molecule has 1 aromatic heterocycles. The van der Waals surface area contributed by atoms with Gasteiger partial charge in [-0.05, 0) is 24.6 Å². The van der Waals surface area contributed by atoms with Crippen molar-refractivity contribution in [3.05, 3.63) is 55.5 Å². The summed E-state index contributed by atoms with van der Waals surface area (Å²) in [5, 5.41) is 0.448. The molecule has 0 fully saturated rings. The van der Waals surface area contributed by atoms with E-state index in [1.54, 1.807) is 7.05 Å². The molecular formula is C15H19N5O2. The van der Waals surface area contributed by atoms with Crippen LogP contribution in [0.4, 0.5) is 0 Å². The third-order valence-corrected chi connectivity index (χ3v) is 3.98. The highest BCUT2D eigenvalue weighted by Gasteiger charge is 2.27. The first kappa shape index (κ1) is 14.4. The molecule has 3 rings (SSSR count). The van der Waals surface area contributed by atoms with Crippen LogP contribution in [0.1, 0.15) is 6.92 Å². The Hall–Kier alpha value is -2.57. The van der Waals surface area contributed by atoms with Crippen LogP contribution >= 0.6 is 0 Å². The molecular weight excluding hydrogens is 282 g/mol. The van der Waals surface area contributed by atoms with Gasteiger partial charge in [0.25, 0.3) is 5.56 Å². The van der Waals surface area contributed by atoms with Crippen molar-refractivity contribution in [1.82, 2.24) is 18.9 Å². The van der Waals surface area contributed by atoms with E-state index in [9.17, 15) is 9.59 Å². The van der Waals surface area contributed by atoms with Crippen LogP contribution in [0.15, 0.2) is 38.5 Å². The molecule has 0 bridgehead atoms. The van der Waals surface area contributed by atoms with Crippen LogP contribution in [0, 0.1) is 0 Å². The Kier molecular flexibility index (Phi) is 3.09. The Morgan fingerprint density at radius 1 is 1.18 bits per heavy atom. The van der Waals surface area contributed by atoms with E-state index in [-0.39, 0.29) is 17.4 Å². The number of rotatable bonds is 1. The van der Waals surface area contributed by atoms with E-state index in [4.69, 9.17) is 0 Å². The third-order valence-electron chi connectivity index (χ3n) is 3.98. The molecule has 3 heterocycles. The topological polar surface area (TPSA) is 62.8 Å². The maximum Gasteiger partial charge on any atom is 0.332 e. The molecule has 2 aliphatic rings. The van der Waals surface area contributed by atoms with Gasteiger partial charge in [0, 0.05) is 34.4 Å². The zero-order valence-electron chi connectivity index (χ0n) is 13.4. The monoisotopic (exact) mass is 301 g/mol. The van der Waals surface area contributed by atoms with Crippen molar-refractivity contribution in [2.24, 2.45) is 19.1 Å². The molecule has 0 saturated heterocycles. The highest BCUT2D eigenvalue weighted by molar-refractivity contribution is 5.46. The molecule has 22 heavy (non-hydrogen) atoms. The van der Waals surface area contributed by atoms with Gasteiger partial charge in [-0.3, -0.25) is 13.9 Å². The Morgan fingerprint density at radius 3 is 2.50 bits per heavy atom. The highest BCUT2D eigenvalue weighted by atomic mass is 16.2. The predicted octanol–water partition coefficient (Wildman–Crippen LogP) is -1.55. The van der Waals surface area contributed by atoms with E-state index in [0.717, 1.165) is 16.0 Å². The van der Waals surface area contributed by atoms with E-state index in [0.29, 0.717) is 10.7 Å². The van der Waals surface area contributed by atoms with Crippen molar-refractivity contribution in [2.45, 2.75) is 13.1 Å². The van der Waals surface area contributed by atoms with Gasteiger partial charge in [0.05, 0.1) is 0 Å². The van der Waals surface area contributed by atoms with Gasteiger partial charge in [-0.15, -0.1) is 0 Å². The van der Waals surface area contributed by atoms with Crippen molar-refractivity contribution in [2.75, 3.05) is 14.1 Å². The Bertz CT molecular complexity index is 946. The fraction of sp³-hybridized carbons (Fsp3) is 0.400. The fourth-order valence-corrected chi connectivity index (χ4v) is 2.84. The van der Waals surface area contributed by atoms with Gasteiger partial charge in [0.15, 0.2) is 5.49 Å². The second-order valence-electron chi connectivity index (χ2n) is 5.80. The first-order valence-electron chi connectivity index (χ1n) is 7.03. The first-order valence-corrected chi connectivity index (χ1v) is 7.03. The van der Waals surface area contributed by atoms with E-state index >= 15 is 0 Å². The van der Waals surface area contributed by atoms with Gasteiger partial charge in [-0.2, -0.15) is 0 Å². The average Bonchev–Trinajstić information content (AvgIpc) is 2.48. The summed E-state index contributed by atoms with van der Waals surface area (Å²) in [5.74, 6) is 0.742. The molecule has 0 radical (unpaired) electrons. The van der Waals surface area contributed by atoms with Gasteiger partial charge in [0.2, 0.25) is 0 Å². The van der Waals surface area contributed by atoms with E-state index in [1.807, 2.05) is 49.2 Å². The van der Waals surface area contributed by atoms with Crippen molar-refractivity contribution in [1.29, 1.82) is 0 Å². The van der Waals surface area contributed by atoms with Crippen LogP contribution in [0.25, 0.3) is 5.82 Å². The number of fused-ring (bicyclic) bond motifs is 2. The van der Waals surface area contributed by atoms with Crippen molar-refractivity contribution >= 4 is 5.82 Å². The van der Waals surface area contributed by atoms with Gasteiger partial charge in [-0.25, -0.2) is 9.79 Å². The summed E-state index contributed by atoms with van der Waals surface area (Å²) in [6, 6.07) is 0. The Labute approximate surface area is 127 Å². The van der Waals surface area contributed by atoms with Gasteiger partial charge < -0.3 is 9.80 Å². The normalized spacial score (nSPS) is 19.3. The van der Waals surface area contributed by atoms with Crippen LogP contribution in [-0.4, -0.2) is 39.2 Å². The molecule has 0 spiro atoms. The summed E-state index contributed by atoms with van der Waals surface area (Å²) in [5.41, 5.74) is 0.826. The van der Waals surface area contributed by atoms with Crippen molar-refractivity contribution < 1.29 is 0 Å². The van der Waals surface area contributed by atoms with Crippen LogP contribution in [0.5, 0.6) is 0 Å². The summed E-state index contributed by atoms with van der Waals surface area (Å²) < 4.78 is 2.55. The summed E-state index contributed by atoms with van der Waals surface area (Å²) in [4.78, 5) is 33.2. The summed E-state index contributed by atoms with van der Waals surface area (Å²) >= 11 is 0. The summed E-state index contributed by atoms with van der Waals surface area (Å²) in [6.45, 7) is 2.00. The molecule has 116 valence electrons. The zero-order chi connectivity index (χ0) is 16.2. The van der Waals surface area contributed by atoms with E-state index in [1.165, 1.54) is 11.6 Å². The third kappa shape index (κ3) is 1.85. The SMILES string of the molecule is CC1=CC2N=c3c(c(=O)n(C)c(=O)n3C)=C(N(C)C)N2C=C1. The Morgan fingerprint density at radius 2 is 1.86 bits per heavy atom. The van der Waals surface area contributed by atoms with Crippen LogP contribution in [-0.2, 0) is 14.1 Å². The van der Waals surface area contributed by atoms with Crippen LogP contribution < -0.4 is 22.0 Å². The number of hydrogen-bond donors (Lipinski definition) is 0. The molecule has 0 amide bonds. The predicted molar refractivity (Wildman–Crippen MR) is 83.3 cm³/mol. The van der Waals surface area contributed by atoms with E-state index < -0.39 is 0 Å². The summed E-state index contributed by atoms with van der Waals surface area (Å²) in [7, 11) is 6.89. The molecule has 7 heteroatoms. The number of aromatic nitrogens is 2. The maximum atomic E-state index is 12.6. The quantitative estimate of drug-likeness (QED) is 0.630. The lowest BCUT2D eigenvalue weighted by Gasteiger charge is -2.36. The standard InChI is InChI=1S/C15H19N5O2/c1-9-6-7-20-10(8-9)16-12-11(13(20)17(2)3)14(21)19(5)15(22)18(12)4/h6-8,10H,1-5H3. The molecule has 7 nitrogen and oxygen atoms in total. The minimum Gasteiger partial charge on any atom is -0.363 e. The molecule has 0 N–H and O–H groups in total. The fourth-order valence-electron chi connectivity index (χ4n) is 2.84. The smallest absolute Gasteiger partial charge is 0.332 e. The van der Waals surface area contributed by atoms with Crippen molar-refractivity contribution in [3.8, 4) is 0 Å². The molecule has 0 aromatic carbocycles.